The Morgan fingerprint density at radius 2 is 2.00 bits per heavy atom. The number of benzene rings is 1. The standard InChI is InChI=1S/C11H11ClO2/c1-2-9(11(13)14)7-8-3-5-10(12)6-4-8/h3-7H,2H2,1H3,(H,13,14). The average Bonchev–Trinajstić information content (AvgIpc) is 2.16. The molecule has 0 atom stereocenters. The lowest BCUT2D eigenvalue weighted by atomic mass is 10.1. The van der Waals surface area contributed by atoms with E-state index in [1.165, 1.54) is 0 Å². The summed E-state index contributed by atoms with van der Waals surface area (Å²) in [6.07, 6.45) is 2.16. The van der Waals surface area contributed by atoms with Crippen LogP contribution in [0.5, 0.6) is 0 Å². The molecule has 0 aliphatic rings. The van der Waals surface area contributed by atoms with Crippen LogP contribution in [0.15, 0.2) is 29.8 Å². The van der Waals surface area contributed by atoms with Crippen LogP contribution in [0.4, 0.5) is 0 Å². The highest BCUT2D eigenvalue weighted by atomic mass is 35.5. The van der Waals surface area contributed by atoms with Gasteiger partial charge in [-0.15, -0.1) is 0 Å². The molecule has 0 saturated carbocycles. The molecule has 0 aliphatic carbocycles. The minimum Gasteiger partial charge on any atom is -0.478 e. The van der Waals surface area contributed by atoms with Crippen molar-refractivity contribution < 1.29 is 9.90 Å². The molecule has 0 radical (unpaired) electrons. The molecule has 0 unspecified atom stereocenters. The van der Waals surface area contributed by atoms with Crippen molar-refractivity contribution in [2.75, 3.05) is 0 Å². The number of hydrogen-bond acceptors (Lipinski definition) is 1. The van der Waals surface area contributed by atoms with Crippen molar-refractivity contribution in [2.45, 2.75) is 13.3 Å². The third-order valence-electron chi connectivity index (χ3n) is 1.87. The van der Waals surface area contributed by atoms with Crippen molar-refractivity contribution in [1.82, 2.24) is 0 Å². The smallest absolute Gasteiger partial charge is 0.331 e. The normalized spacial score (nSPS) is 11.4. The Hall–Kier alpha value is -1.28. The zero-order valence-corrected chi connectivity index (χ0v) is 8.58. The molecule has 1 aromatic rings. The van der Waals surface area contributed by atoms with Crippen molar-refractivity contribution in [3.05, 3.63) is 40.4 Å². The van der Waals surface area contributed by atoms with E-state index >= 15 is 0 Å². The van der Waals surface area contributed by atoms with Gasteiger partial charge in [0.05, 0.1) is 0 Å². The fraction of sp³-hybridized carbons (Fsp3) is 0.182. The van der Waals surface area contributed by atoms with Crippen LogP contribution >= 0.6 is 11.6 Å². The van der Waals surface area contributed by atoms with E-state index < -0.39 is 5.97 Å². The second-order valence-corrected chi connectivity index (χ2v) is 3.32. The van der Waals surface area contributed by atoms with Crippen LogP contribution in [0.2, 0.25) is 5.02 Å². The van der Waals surface area contributed by atoms with E-state index in [0.29, 0.717) is 17.0 Å². The summed E-state index contributed by atoms with van der Waals surface area (Å²) in [5.74, 6) is -0.873. The summed E-state index contributed by atoms with van der Waals surface area (Å²) in [7, 11) is 0. The van der Waals surface area contributed by atoms with E-state index in [9.17, 15) is 4.79 Å². The zero-order valence-electron chi connectivity index (χ0n) is 7.83. The Balaban J connectivity index is 2.95. The first kappa shape index (κ1) is 10.8. The summed E-state index contributed by atoms with van der Waals surface area (Å²) < 4.78 is 0. The molecular formula is C11H11ClO2. The van der Waals surface area contributed by atoms with Crippen molar-refractivity contribution >= 4 is 23.6 Å². The summed E-state index contributed by atoms with van der Waals surface area (Å²) in [4.78, 5) is 10.7. The predicted molar refractivity (Wildman–Crippen MR) is 57.4 cm³/mol. The van der Waals surface area contributed by atoms with E-state index in [-0.39, 0.29) is 0 Å². The highest BCUT2D eigenvalue weighted by molar-refractivity contribution is 6.30. The molecule has 0 aromatic heterocycles. The monoisotopic (exact) mass is 210 g/mol. The maximum absolute atomic E-state index is 10.7. The molecule has 0 spiro atoms. The Bertz CT molecular complexity index is 352. The summed E-state index contributed by atoms with van der Waals surface area (Å²) >= 11 is 5.71. The third-order valence-corrected chi connectivity index (χ3v) is 2.12. The molecule has 0 fully saturated rings. The molecule has 0 heterocycles. The Kier molecular flexibility index (Phi) is 3.72. The molecule has 74 valence electrons. The SMILES string of the molecule is CCC(=Cc1ccc(Cl)cc1)C(=O)O. The largest absolute Gasteiger partial charge is 0.478 e. The molecule has 14 heavy (non-hydrogen) atoms. The summed E-state index contributed by atoms with van der Waals surface area (Å²) in [5.41, 5.74) is 1.25. The van der Waals surface area contributed by atoms with Gasteiger partial charge in [0.25, 0.3) is 0 Å². The lowest BCUT2D eigenvalue weighted by molar-refractivity contribution is -0.132. The van der Waals surface area contributed by atoms with Gasteiger partial charge in [-0.3, -0.25) is 0 Å². The van der Waals surface area contributed by atoms with Gasteiger partial charge in [0.2, 0.25) is 0 Å². The van der Waals surface area contributed by atoms with Crippen LogP contribution in [0.3, 0.4) is 0 Å². The Morgan fingerprint density at radius 3 is 2.43 bits per heavy atom. The van der Waals surface area contributed by atoms with Crippen LogP contribution < -0.4 is 0 Å². The quantitative estimate of drug-likeness (QED) is 0.778. The topological polar surface area (TPSA) is 37.3 Å². The van der Waals surface area contributed by atoms with Gasteiger partial charge in [-0.25, -0.2) is 4.79 Å². The van der Waals surface area contributed by atoms with Crippen LogP contribution in [-0.4, -0.2) is 11.1 Å². The molecular weight excluding hydrogens is 200 g/mol. The molecule has 0 aliphatic heterocycles. The summed E-state index contributed by atoms with van der Waals surface area (Å²) in [6.45, 7) is 1.82. The lowest BCUT2D eigenvalue weighted by Crippen LogP contribution is -1.98. The van der Waals surface area contributed by atoms with Gasteiger partial charge >= 0.3 is 5.97 Å². The van der Waals surface area contributed by atoms with Gasteiger partial charge in [0, 0.05) is 10.6 Å². The van der Waals surface area contributed by atoms with E-state index in [1.807, 2.05) is 6.92 Å². The lowest BCUT2D eigenvalue weighted by Gasteiger charge is -1.98. The second-order valence-electron chi connectivity index (χ2n) is 2.88. The van der Waals surface area contributed by atoms with Crippen molar-refractivity contribution in [3.8, 4) is 0 Å². The fourth-order valence-electron chi connectivity index (χ4n) is 1.08. The van der Waals surface area contributed by atoms with Crippen molar-refractivity contribution in [1.29, 1.82) is 0 Å². The Morgan fingerprint density at radius 1 is 1.43 bits per heavy atom. The van der Waals surface area contributed by atoms with Gasteiger partial charge in [-0.05, 0) is 30.2 Å². The minimum atomic E-state index is -0.873. The zero-order chi connectivity index (χ0) is 10.6. The van der Waals surface area contributed by atoms with Gasteiger partial charge in [-0.2, -0.15) is 0 Å². The molecule has 3 heteroatoms. The first-order valence-corrected chi connectivity index (χ1v) is 4.70. The van der Waals surface area contributed by atoms with Crippen LogP contribution in [0.1, 0.15) is 18.9 Å². The molecule has 0 amide bonds. The molecule has 2 nitrogen and oxygen atoms in total. The van der Waals surface area contributed by atoms with E-state index in [2.05, 4.69) is 0 Å². The summed E-state index contributed by atoms with van der Waals surface area (Å²) in [6, 6.07) is 7.06. The number of carbonyl (C=O) groups is 1. The van der Waals surface area contributed by atoms with Crippen LogP contribution in [-0.2, 0) is 4.79 Å². The average molecular weight is 211 g/mol. The number of hydrogen-bond donors (Lipinski definition) is 1. The van der Waals surface area contributed by atoms with E-state index in [4.69, 9.17) is 16.7 Å². The third kappa shape index (κ3) is 2.89. The van der Waals surface area contributed by atoms with Crippen molar-refractivity contribution in [3.63, 3.8) is 0 Å². The van der Waals surface area contributed by atoms with E-state index in [0.717, 1.165) is 5.56 Å². The minimum absolute atomic E-state index is 0.396. The van der Waals surface area contributed by atoms with Gasteiger partial charge < -0.3 is 5.11 Å². The maximum Gasteiger partial charge on any atom is 0.331 e. The number of halogens is 1. The van der Waals surface area contributed by atoms with Gasteiger partial charge in [-0.1, -0.05) is 30.7 Å². The van der Waals surface area contributed by atoms with E-state index in [1.54, 1.807) is 30.3 Å². The number of carboxylic acid groups (broad SMARTS) is 1. The first-order valence-electron chi connectivity index (χ1n) is 4.33. The van der Waals surface area contributed by atoms with Gasteiger partial charge in [0.15, 0.2) is 0 Å². The highest BCUT2D eigenvalue weighted by Gasteiger charge is 2.03. The first-order chi connectivity index (χ1) is 6.63. The fourth-order valence-corrected chi connectivity index (χ4v) is 1.20. The molecule has 1 N–H and O–H groups in total. The van der Waals surface area contributed by atoms with Gasteiger partial charge in [0.1, 0.15) is 0 Å². The predicted octanol–water partition coefficient (Wildman–Crippen LogP) is 3.22. The summed E-state index contributed by atoms with van der Waals surface area (Å²) in [5, 5.41) is 9.44. The van der Waals surface area contributed by atoms with Crippen molar-refractivity contribution in [2.24, 2.45) is 0 Å². The van der Waals surface area contributed by atoms with Crippen LogP contribution in [0, 0.1) is 0 Å². The highest BCUT2D eigenvalue weighted by Crippen LogP contribution is 2.13. The maximum atomic E-state index is 10.7. The van der Waals surface area contributed by atoms with Crippen LogP contribution in [0.25, 0.3) is 6.08 Å². The Labute approximate surface area is 87.8 Å². The molecule has 0 bridgehead atoms. The molecule has 0 saturated heterocycles. The second kappa shape index (κ2) is 4.82. The molecule has 1 aromatic carbocycles. The number of carboxylic acids is 1. The molecule has 1 rings (SSSR count). The number of aliphatic carboxylic acids is 1. The number of rotatable bonds is 3.